The van der Waals surface area contributed by atoms with E-state index in [0.717, 1.165) is 0 Å². The lowest BCUT2D eigenvalue weighted by molar-refractivity contribution is 0.102. The summed E-state index contributed by atoms with van der Waals surface area (Å²) >= 11 is 4.71. The molecule has 0 heterocycles. The summed E-state index contributed by atoms with van der Waals surface area (Å²) < 4.78 is 0. The van der Waals surface area contributed by atoms with Gasteiger partial charge in [0.25, 0.3) is 5.91 Å². The summed E-state index contributed by atoms with van der Waals surface area (Å²) in [5.41, 5.74) is 1.41. The van der Waals surface area contributed by atoms with Gasteiger partial charge in [-0.2, -0.15) is 0 Å². The van der Waals surface area contributed by atoms with Gasteiger partial charge in [0.2, 0.25) is 0 Å². The van der Waals surface area contributed by atoms with Crippen LogP contribution in [0, 0.1) is 0 Å². The Morgan fingerprint density at radius 1 is 0.944 bits per heavy atom. The molecule has 2 rings (SSSR count). The fraction of sp³-hybridized carbons (Fsp3) is 0. The molecule has 0 saturated carbocycles. The van der Waals surface area contributed by atoms with Gasteiger partial charge in [-0.1, -0.05) is 30.3 Å². The van der Waals surface area contributed by atoms with Crippen LogP contribution in [-0.4, -0.2) is 16.1 Å². The van der Waals surface area contributed by atoms with Crippen LogP contribution >= 0.6 is 12.2 Å². The minimum absolute atomic E-state index is 0.284. The molecule has 0 saturated heterocycles. The highest BCUT2D eigenvalue weighted by molar-refractivity contribution is 7.80. The minimum Gasteiger partial charge on any atom is -0.499 e. The number of hydrogen-bond acceptors (Lipinski definition) is 2. The highest BCUT2D eigenvalue weighted by Gasteiger charge is 2.13. The number of hydrogen-bond donors (Lipinski definition) is 2. The maximum Gasteiger partial charge on any atom is 0.256 e. The Hall–Kier alpha value is -2.20. The van der Waals surface area contributed by atoms with Crippen LogP contribution in [0.5, 0.6) is 0 Å². The summed E-state index contributed by atoms with van der Waals surface area (Å²) in [5, 5.41) is 11.8. The largest absolute Gasteiger partial charge is 0.499 e. The van der Waals surface area contributed by atoms with Gasteiger partial charge in [-0.25, -0.2) is 0 Å². The molecule has 0 bridgehead atoms. The number of nitrogens with one attached hydrogen (secondary N) is 1. The van der Waals surface area contributed by atoms with Crippen molar-refractivity contribution < 1.29 is 9.90 Å². The molecule has 0 aliphatic carbocycles. The Morgan fingerprint density at radius 2 is 1.50 bits per heavy atom. The molecule has 0 radical (unpaired) electrons. The van der Waals surface area contributed by atoms with Crippen molar-refractivity contribution in [3.63, 3.8) is 0 Å². The zero-order chi connectivity index (χ0) is 13.0. The van der Waals surface area contributed by atoms with Crippen molar-refractivity contribution in [1.29, 1.82) is 0 Å². The normalized spacial score (nSPS) is 9.78. The molecule has 0 atom stereocenters. The highest BCUT2D eigenvalue weighted by atomic mass is 32.1. The maximum atomic E-state index is 12.1. The van der Waals surface area contributed by atoms with Crippen molar-refractivity contribution in [3.8, 4) is 0 Å². The lowest BCUT2D eigenvalue weighted by Crippen LogP contribution is -2.15. The molecule has 2 N–H and O–H groups in total. The Balaban J connectivity index is 2.27. The second-order valence-electron chi connectivity index (χ2n) is 3.67. The van der Waals surface area contributed by atoms with E-state index in [0.29, 0.717) is 16.8 Å². The molecule has 0 aliphatic heterocycles. The van der Waals surface area contributed by atoms with Gasteiger partial charge in [0.15, 0.2) is 5.05 Å². The summed E-state index contributed by atoms with van der Waals surface area (Å²) in [7, 11) is 0. The molecule has 2 aromatic rings. The van der Waals surface area contributed by atoms with Gasteiger partial charge in [-0.3, -0.25) is 4.79 Å². The third kappa shape index (κ3) is 2.73. The Kier molecular flexibility index (Phi) is 3.69. The summed E-state index contributed by atoms with van der Waals surface area (Å²) in [6.07, 6.45) is 0. The number of carbonyl (C=O) groups excluding carboxylic acids is 1. The average molecular weight is 257 g/mol. The van der Waals surface area contributed by atoms with Crippen LogP contribution in [0.1, 0.15) is 15.9 Å². The van der Waals surface area contributed by atoms with Crippen molar-refractivity contribution >= 4 is 28.9 Å². The summed E-state index contributed by atoms with van der Waals surface area (Å²) in [4.78, 5) is 12.1. The SMILES string of the molecule is O=C(Nc1ccccc1)c1ccccc1C(O)=S. The Labute approximate surface area is 110 Å². The van der Waals surface area contributed by atoms with Crippen molar-refractivity contribution in [3.05, 3.63) is 65.7 Å². The van der Waals surface area contributed by atoms with Gasteiger partial charge in [0.1, 0.15) is 0 Å². The van der Waals surface area contributed by atoms with Crippen LogP contribution in [-0.2, 0) is 0 Å². The lowest BCUT2D eigenvalue weighted by atomic mass is 10.1. The van der Waals surface area contributed by atoms with E-state index in [9.17, 15) is 9.90 Å². The van der Waals surface area contributed by atoms with E-state index in [2.05, 4.69) is 5.32 Å². The third-order valence-corrected chi connectivity index (χ3v) is 2.65. The number of amides is 1. The van der Waals surface area contributed by atoms with Gasteiger partial charge >= 0.3 is 0 Å². The maximum absolute atomic E-state index is 12.1. The van der Waals surface area contributed by atoms with Gasteiger partial charge in [0.05, 0.1) is 5.56 Å². The molecule has 0 aromatic heterocycles. The van der Waals surface area contributed by atoms with Crippen LogP contribution in [0.4, 0.5) is 5.69 Å². The fourth-order valence-corrected chi connectivity index (χ4v) is 1.77. The van der Waals surface area contributed by atoms with E-state index in [1.165, 1.54) is 0 Å². The zero-order valence-corrected chi connectivity index (χ0v) is 10.3. The van der Waals surface area contributed by atoms with Crippen molar-refractivity contribution in [1.82, 2.24) is 0 Å². The molecule has 3 nitrogen and oxygen atoms in total. The fourth-order valence-electron chi connectivity index (χ4n) is 1.59. The topological polar surface area (TPSA) is 49.3 Å². The number of rotatable bonds is 3. The number of aliphatic hydroxyl groups is 1. The Morgan fingerprint density at radius 3 is 2.11 bits per heavy atom. The predicted molar refractivity (Wildman–Crippen MR) is 75.2 cm³/mol. The van der Waals surface area contributed by atoms with Crippen molar-refractivity contribution in [2.75, 3.05) is 5.32 Å². The monoisotopic (exact) mass is 257 g/mol. The van der Waals surface area contributed by atoms with Crippen LogP contribution in [0.15, 0.2) is 54.6 Å². The molecule has 0 spiro atoms. The van der Waals surface area contributed by atoms with Crippen LogP contribution in [0.25, 0.3) is 0 Å². The summed E-state index contributed by atoms with van der Waals surface area (Å²) in [5.74, 6) is -0.298. The van der Waals surface area contributed by atoms with Gasteiger partial charge < -0.3 is 10.4 Å². The second-order valence-corrected chi connectivity index (χ2v) is 4.06. The van der Waals surface area contributed by atoms with E-state index < -0.39 is 0 Å². The number of thiocarbonyl (C=S) groups is 1. The third-order valence-electron chi connectivity index (χ3n) is 2.43. The van der Waals surface area contributed by atoms with Crippen LogP contribution in [0.2, 0.25) is 0 Å². The number of aliphatic hydroxyl groups excluding tert-OH is 1. The van der Waals surface area contributed by atoms with Gasteiger partial charge in [0, 0.05) is 11.3 Å². The van der Waals surface area contributed by atoms with E-state index in [1.807, 2.05) is 18.2 Å². The van der Waals surface area contributed by atoms with E-state index in [4.69, 9.17) is 12.2 Å². The first-order valence-electron chi connectivity index (χ1n) is 5.37. The number of carbonyl (C=O) groups is 1. The summed E-state index contributed by atoms with van der Waals surface area (Å²) in [6, 6.07) is 15.8. The van der Waals surface area contributed by atoms with E-state index in [1.54, 1.807) is 36.4 Å². The second kappa shape index (κ2) is 5.42. The first kappa shape index (κ1) is 12.3. The first-order chi connectivity index (χ1) is 8.68. The van der Waals surface area contributed by atoms with Crippen LogP contribution in [0.3, 0.4) is 0 Å². The number of benzene rings is 2. The Bertz CT molecular complexity index is 581. The van der Waals surface area contributed by atoms with Crippen molar-refractivity contribution in [2.24, 2.45) is 0 Å². The van der Waals surface area contributed by atoms with Gasteiger partial charge in [-0.15, -0.1) is 0 Å². The molecule has 0 fully saturated rings. The molecule has 4 heteroatoms. The number of anilines is 1. The van der Waals surface area contributed by atoms with Gasteiger partial charge in [-0.05, 0) is 36.5 Å². The lowest BCUT2D eigenvalue weighted by Gasteiger charge is -2.08. The molecule has 90 valence electrons. The number of para-hydroxylation sites is 1. The van der Waals surface area contributed by atoms with Crippen LogP contribution < -0.4 is 5.32 Å². The highest BCUT2D eigenvalue weighted by Crippen LogP contribution is 2.13. The molecular formula is C14H11NO2S. The van der Waals surface area contributed by atoms with E-state index >= 15 is 0 Å². The molecule has 2 aromatic carbocycles. The first-order valence-corrected chi connectivity index (χ1v) is 5.78. The molecule has 0 aliphatic rings. The van der Waals surface area contributed by atoms with Crippen molar-refractivity contribution in [2.45, 2.75) is 0 Å². The van der Waals surface area contributed by atoms with E-state index in [-0.39, 0.29) is 11.0 Å². The average Bonchev–Trinajstić information content (AvgIpc) is 2.40. The quantitative estimate of drug-likeness (QED) is 0.830. The molecule has 18 heavy (non-hydrogen) atoms. The smallest absolute Gasteiger partial charge is 0.256 e. The molecular weight excluding hydrogens is 246 g/mol. The zero-order valence-electron chi connectivity index (χ0n) is 9.46. The molecule has 1 amide bonds. The molecule has 0 unspecified atom stereocenters. The standard InChI is InChI=1S/C14H11NO2S/c16-13(15-10-6-2-1-3-7-10)11-8-4-5-9-12(11)14(17)18/h1-9H,(H,15,16)(H,17,18). The summed E-state index contributed by atoms with van der Waals surface area (Å²) in [6.45, 7) is 0. The predicted octanol–water partition coefficient (Wildman–Crippen LogP) is 3.17. The minimum atomic E-state index is -0.298.